The molecule has 59 heavy (non-hydrogen) atoms. The van der Waals surface area contributed by atoms with Crippen LogP contribution >= 0.6 is 0 Å². The molecule has 4 aromatic heterocycles. The molecular weight excluding hydrogens is 741 g/mol. The third-order valence-electron chi connectivity index (χ3n) is 12.5. The predicted octanol–water partition coefficient (Wildman–Crippen LogP) is 9.13. The van der Waals surface area contributed by atoms with Gasteiger partial charge in [-0.05, 0) is 130 Å². The number of aromatic nitrogens is 6. The van der Waals surface area contributed by atoms with Crippen LogP contribution in [0.4, 0.5) is 4.79 Å². The first-order valence-corrected chi connectivity index (χ1v) is 22.1. The summed E-state index contributed by atoms with van der Waals surface area (Å²) in [6.45, 7) is 12.1. The van der Waals surface area contributed by atoms with E-state index in [-0.39, 0.29) is 18.5 Å². The van der Waals surface area contributed by atoms with Gasteiger partial charge in [-0.15, -0.1) is 0 Å². The van der Waals surface area contributed by atoms with Gasteiger partial charge in [0.25, 0.3) is 0 Å². The van der Waals surface area contributed by atoms with Crippen molar-refractivity contribution >= 4 is 27.9 Å². The molecule has 4 unspecified atom stereocenters. The smallest absolute Gasteiger partial charge is 0.409 e. The minimum absolute atomic E-state index is 0.0611. The molecule has 0 bridgehead atoms. The highest BCUT2D eigenvalue weighted by atomic mass is 16.6. The van der Waals surface area contributed by atoms with E-state index in [9.17, 15) is 4.79 Å². The number of fused-ring (bicyclic) bond motifs is 2. The van der Waals surface area contributed by atoms with Gasteiger partial charge < -0.3 is 33.6 Å². The van der Waals surface area contributed by atoms with Crippen molar-refractivity contribution < 1.29 is 19.0 Å². The van der Waals surface area contributed by atoms with Crippen LogP contribution in [0, 0.1) is 17.8 Å². The Labute approximate surface area is 347 Å². The van der Waals surface area contributed by atoms with E-state index in [0.29, 0.717) is 18.4 Å². The topological polar surface area (TPSA) is 106 Å². The minimum atomic E-state index is -0.174. The summed E-state index contributed by atoms with van der Waals surface area (Å²) in [6.07, 6.45) is 21.6. The molecule has 12 heteroatoms. The third kappa shape index (κ3) is 9.30. The third-order valence-corrected chi connectivity index (χ3v) is 12.5. The summed E-state index contributed by atoms with van der Waals surface area (Å²) in [5.41, 5.74) is 7.22. The maximum atomic E-state index is 12.3. The fourth-order valence-electron chi connectivity index (χ4n) is 9.14. The Morgan fingerprint density at radius 3 is 1.86 bits per heavy atom. The van der Waals surface area contributed by atoms with Crippen molar-refractivity contribution in [3.63, 3.8) is 0 Å². The van der Waals surface area contributed by atoms with Crippen LogP contribution in [-0.2, 0) is 27.3 Å². The molecule has 0 spiro atoms. The van der Waals surface area contributed by atoms with E-state index >= 15 is 0 Å². The first-order valence-electron chi connectivity index (χ1n) is 22.1. The highest BCUT2D eigenvalue weighted by molar-refractivity contribution is 5.86. The van der Waals surface area contributed by atoms with Crippen molar-refractivity contribution in [2.75, 3.05) is 46.0 Å². The lowest BCUT2D eigenvalue weighted by molar-refractivity contribution is -0.0395. The highest BCUT2D eigenvalue weighted by Gasteiger charge is 2.28. The van der Waals surface area contributed by atoms with Gasteiger partial charge in [0.05, 0.1) is 19.0 Å². The summed E-state index contributed by atoms with van der Waals surface area (Å²) in [6, 6.07) is 17.8. The van der Waals surface area contributed by atoms with Crippen LogP contribution in [0.15, 0.2) is 85.7 Å². The van der Waals surface area contributed by atoms with Crippen LogP contribution in [0.25, 0.3) is 44.1 Å². The fraction of sp³-hybridized carbons (Fsp3) is 0.511. The van der Waals surface area contributed by atoms with E-state index in [1.54, 1.807) is 0 Å². The summed E-state index contributed by atoms with van der Waals surface area (Å²) in [5, 5.41) is 15.1. The van der Waals surface area contributed by atoms with Gasteiger partial charge in [-0.3, -0.25) is 0 Å². The number of likely N-dealkylation sites (tertiary alicyclic amines) is 1. The minimum Gasteiger partial charge on any atom is -0.449 e. The first kappa shape index (κ1) is 39.5. The number of nitrogens with zero attached hydrogens (tertiary/aromatic N) is 7. The highest BCUT2D eigenvalue weighted by Crippen LogP contribution is 2.31. The standard InChI is InChI=1S/C26H34N4O3.C21H26N4O/c1-19(2)18-33-26(31)29-10-8-20(16-29)15-28-11-9-22-13-21(6-7-24(22)28)23-14-27-30(17-23)25-5-3-4-12-32-25;1-2-10-26-21(3-1)25-15-19(13-23-25)17-4-5-20-18(11-17)7-9-24(20)14-16-6-8-22-12-16/h6-7,9,11,13-14,17,19-20,25H,3-5,8,10,12,15-16,18H2,1-2H3;4-5,7,9,11,13,15-16,21-22H,1-3,6,8,10,12,14H2. The lowest BCUT2D eigenvalue weighted by Crippen LogP contribution is -2.30. The van der Waals surface area contributed by atoms with Crippen molar-refractivity contribution in [1.82, 2.24) is 38.9 Å². The Bertz CT molecular complexity index is 2300. The summed E-state index contributed by atoms with van der Waals surface area (Å²) in [4.78, 5) is 14.1. The van der Waals surface area contributed by atoms with Gasteiger partial charge in [-0.2, -0.15) is 10.2 Å². The monoisotopic (exact) mass is 800 g/mol. The second kappa shape index (κ2) is 18.1. The number of hydrogen-bond donors (Lipinski definition) is 1. The molecule has 12 nitrogen and oxygen atoms in total. The molecule has 4 atom stereocenters. The van der Waals surface area contributed by atoms with Crippen LogP contribution < -0.4 is 5.32 Å². The number of amides is 1. The van der Waals surface area contributed by atoms with Gasteiger partial charge in [0, 0.05) is 97.1 Å². The summed E-state index contributed by atoms with van der Waals surface area (Å²) in [5.74, 6) is 1.55. The SMILES string of the molecule is CC(C)COC(=O)N1CCC(Cn2ccc3cc(-c4cnn(C5CCCCO5)c4)ccc32)C1.c1cc2c(ccn2CC2CCNC2)cc1-c1cnn(C2CCCCO2)c1. The van der Waals surface area contributed by atoms with Gasteiger partial charge in [-0.25, -0.2) is 14.2 Å². The number of hydrogen-bond acceptors (Lipinski definition) is 7. The average molecular weight is 801 g/mol. The van der Waals surface area contributed by atoms with Gasteiger partial charge in [0.1, 0.15) is 12.5 Å². The normalized spacial score (nSPS) is 22.3. The second-order valence-electron chi connectivity index (χ2n) is 17.5. The molecule has 4 aliphatic heterocycles. The molecule has 2 aromatic carbocycles. The zero-order chi connectivity index (χ0) is 40.1. The molecule has 4 saturated heterocycles. The van der Waals surface area contributed by atoms with Gasteiger partial charge in [-0.1, -0.05) is 26.0 Å². The Morgan fingerprint density at radius 1 is 0.746 bits per heavy atom. The molecule has 312 valence electrons. The Hall–Kier alpha value is -4.91. The number of rotatable bonds is 10. The number of nitrogens with one attached hydrogen (secondary N) is 1. The molecule has 8 heterocycles. The van der Waals surface area contributed by atoms with Crippen molar-refractivity contribution in [3.05, 3.63) is 85.7 Å². The number of benzene rings is 2. The second-order valence-corrected chi connectivity index (χ2v) is 17.5. The molecule has 0 saturated carbocycles. The number of ether oxygens (including phenoxy) is 3. The zero-order valence-electron chi connectivity index (χ0n) is 34.8. The largest absolute Gasteiger partial charge is 0.449 e. The number of carbonyl (C=O) groups is 1. The van der Waals surface area contributed by atoms with E-state index < -0.39 is 0 Å². The number of carbonyl (C=O) groups excluding carboxylic acids is 1. The molecule has 6 aromatic rings. The van der Waals surface area contributed by atoms with Gasteiger partial charge >= 0.3 is 6.09 Å². The first-order chi connectivity index (χ1) is 28.9. The summed E-state index contributed by atoms with van der Waals surface area (Å²) >= 11 is 0. The van der Waals surface area contributed by atoms with E-state index in [0.717, 1.165) is 102 Å². The van der Waals surface area contributed by atoms with Crippen LogP contribution in [0.3, 0.4) is 0 Å². The predicted molar refractivity (Wildman–Crippen MR) is 231 cm³/mol. The lowest BCUT2D eigenvalue weighted by atomic mass is 10.1. The molecule has 4 fully saturated rings. The molecule has 1 amide bonds. The zero-order valence-corrected chi connectivity index (χ0v) is 34.8. The van der Waals surface area contributed by atoms with Crippen molar-refractivity contribution in [2.45, 2.75) is 90.8 Å². The van der Waals surface area contributed by atoms with Crippen LogP contribution in [0.5, 0.6) is 0 Å². The molecule has 4 aliphatic rings. The molecule has 10 rings (SSSR count). The van der Waals surface area contributed by atoms with Gasteiger partial charge in [0.2, 0.25) is 0 Å². The van der Waals surface area contributed by atoms with Crippen LogP contribution in [0.1, 0.15) is 77.7 Å². The molecule has 1 N–H and O–H groups in total. The quantitative estimate of drug-likeness (QED) is 0.147. The van der Waals surface area contributed by atoms with Crippen molar-refractivity contribution in [3.8, 4) is 22.3 Å². The Kier molecular flexibility index (Phi) is 12.2. The van der Waals surface area contributed by atoms with Gasteiger partial charge in [0.15, 0.2) is 0 Å². The summed E-state index contributed by atoms with van der Waals surface area (Å²) in [7, 11) is 0. The van der Waals surface area contributed by atoms with Crippen molar-refractivity contribution in [1.29, 1.82) is 0 Å². The van der Waals surface area contributed by atoms with E-state index in [4.69, 9.17) is 14.2 Å². The lowest BCUT2D eigenvalue weighted by Gasteiger charge is -2.22. The molecule has 0 radical (unpaired) electrons. The fourth-order valence-corrected chi connectivity index (χ4v) is 9.14. The maximum absolute atomic E-state index is 12.3. The van der Waals surface area contributed by atoms with Crippen LogP contribution in [-0.4, -0.2) is 85.7 Å². The van der Waals surface area contributed by atoms with E-state index in [2.05, 4.69) is 112 Å². The maximum Gasteiger partial charge on any atom is 0.409 e. The molecule has 0 aliphatic carbocycles. The van der Waals surface area contributed by atoms with Crippen LogP contribution in [0.2, 0.25) is 0 Å². The Morgan fingerprint density at radius 2 is 1.34 bits per heavy atom. The summed E-state index contributed by atoms with van der Waals surface area (Å²) < 4.78 is 25.8. The van der Waals surface area contributed by atoms with E-state index in [1.165, 1.54) is 52.2 Å². The Balaban J connectivity index is 0.000000156. The molecular formula is C47H60N8O4. The van der Waals surface area contributed by atoms with Crippen molar-refractivity contribution in [2.24, 2.45) is 17.8 Å². The van der Waals surface area contributed by atoms with E-state index in [1.807, 2.05) is 26.7 Å². The average Bonchev–Trinajstić information content (AvgIpc) is 4.14.